The molecule has 1 aromatic carbocycles. The third kappa shape index (κ3) is 3.34. The minimum absolute atomic E-state index is 0.00292. The van der Waals surface area contributed by atoms with Crippen LogP contribution < -0.4 is 26.0 Å². The van der Waals surface area contributed by atoms with Crippen molar-refractivity contribution >= 4 is 11.6 Å². The number of rotatable bonds is 4. The Kier molecular flexibility index (Phi) is 5.27. The molecule has 170 valence electrons. The highest BCUT2D eigenvalue weighted by atomic mass is 16.5. The summed E-state index contributed by atoms with van der Waals surface area (Å²) in [6, 6.07) is 5.46. The average Bonchev–Trinajstić information content (AvgIpc) is 2.74. The van der Waals surface area contributed by atoms with Crippen molar-refractivity contribution in [2.45, 2.75) is 39.5 Å². The minimum atomic E-state index is -0.611. The van der Waals surface area contributed by atoms with Gasteiger partial charge >= 0.3 is 5.69 Å². The zero-order valence-electron chi connectivity index (χ0n) is 19.4. The van der Waals surface area contributed by atoms with Crippen molar-refractivity contribution in [3.05, 3.63) is 61.4 Å². The Hall–Kier alpha value is -3.29. The predicted octanol–water partition coefficient (Wildman–Crippen LogP) is 2.69. The van der Waals surface area contributed by atoms with Gasteiger partial charge < -0.3 is 14.8 Å². The summed E-state index contributed by atoms with van der Waals surface area (Å²) < 4.78 is 13.7. The first kappa shape index (κ1) is 21.9. The van der Waals surface area contributed by atoms with Gasteiger partial charge in [-0.1, -0.05) is 19.9 Å². The van der Waals surface area contributed by atoms with Gasteiger partial charge in [-0.25, -0.2) is 4.79 Å². The van der Waals surface area contributed by atoms with Crippen molar-refractivity contribution in [1.82, 2.24) is 9.13 Å². The molecule has 0 unspecified atom stereocenters. The van der Waals surface area contributed by atoms with Crippen molar-refractivity contribution in [3.63, 3.8) is 0 Å². The number of Topliss-reactive ketones (excluding diaryl/α,β-unsaturated/α-hetero) is 1. The highest BCUT2D eigenvalue weighted by Gasteiger charge is 2.43. The molecule has 1 N–H and O–H groups in total. The third-order valence-corrected chi connectivity index (χ3v) is 6.29. The van der Waals surface area contributed by atoms with Crippen LogP contribution in [0.25, 0.3) is 0 Å². The van der Waals surface area contributed by atoms with E-state index in [0.29, 0.717) is 47.9 Å². The molecule has 8 heteroatoms. The molecule has 0 fully saturated rings. The van der Waals surface area contributed by atoms with Crippen LogP contribution in [-0.4, -0.2) is 28.6 Å². The number of benzene rings is 1. The predicted molar refractivity (Wildman–Crippen MR) is 122 cm³/mol. The highest BCUT2D eigenvalue weighted by Crippen LogP contribution is 2.48. The van der Waals surface area contributed by atoms with Crippen LogP contribution in [0.5, 0.6) is 11.5 Å². The molecule has 32 heavy (non-hydrogen) atoms. The van der Waals surface area contributed by atoms with Crippen LogP contribution in [0.15, 0.2) is 39.1 Å². The lowest BCUT2D eigenvalue weighted by Crippen LogP contribution is -2.45. The maximum absolute atomic E-state index is 13.4. The second-order valence-corrected chi connectivity index (χ2v) is 9.20. The van der Waals surface area contributed by atoms with Crippen molar-refractivity contribution in [1.29, 1.82) is 0 Å². The van der Waals surface area contributed by atoms with Crippen LogP contribution in [0.2, 0.25) is 0 Å². The number of hydrogen-bond donors (Lipinski definition) is 1. The number of ether oxygens (including phenoxy) is 2. The number of allylic oxidation sites excluding steroid dienone is 2. The first-order chi connectivity index (χ1) is 15.1. The van der Waals surface area contributed by atoms with Gasteiger partial charge in [0, 0.05) is 37.7 Å². The molecule has 0 spiro atoms. The quantitative estimate of drug-likeness (QED) is 0.788. The fourth-order valence-corrected chi connectivity index (χ4v) is 4.82. The number of nitrogens with zero attached hydrogens (tertiary/aromatic N) is 2. The van der Waals surface area contributed by atoms with Crippen LogP contribution >= 0.6 is 0 Å². The number of nitrogens with one attached hydrogen (secondary N) is 1. The summed E-state index contributed by atoms with van der Waals surface area (Å²) in [5, 5.41) is 3.27. The number of carbonyl (C=O) groups is 1. The molecule has 1 aliphatic carbocycles. The van der Waals surface area contributed by atoms with E-state index < -0.39 is 17.2 Å². The van der Waals surface area contributed by atoms with Gasteiger partial charge in [0.2, 0.25) is 0 Å². The van der Waals surface area contributed by atoms with Crippen LogP contribution in [-0.2, 0) is 18.9 Å². The SMILES string of the molecule is CCOc1ccc([C@H]2C3=C(CC(C)(C)CC3=O)Nc3c2c(=O)n(C)c(=O)n3C)cc1OC. The number of ketones is 1. The lowest BCUT2D eigenvalue weighted by atomic mass is 9.69. The smallest absolute Gasteiger partial charge is 0.332 e. The van der Waals surface area contributed by atoms with Gasteiger partial charge in [0.25, 0.3) is 5.56 Å². The van der Waals surface area contributed by atoms with E-state index in [1.807, 2.05) is 32.9 Å². The molecular formula is C24H29N3O5. The second kappa shape index (κ2) is 7.69. The molecule has 0 saturated carbocycles. The van der Waals surface area contributed by atoms with E-state index in [2.05, 4.69) is 5.32 Å². The Labute approximate surface area is 186 Å². The van der Waals surface area contributed by atoms with E-state index in [9.17, 15) is 14.4 Å². The molecule has 0 radical (unpaired) electrons. The lowest BCUT2D eigenvalue weighted by molar-refractivity contribution is -0.118. The molecule has 1 aliphatic heterocycles. The molecule has 0 saturated heterocycles. The topological polar surface area (TPSA) is 91.6 Å². The molecule has 0 bridgehead atoms. The maximum Gasteiger partial charge on any atom is 0.332 e. The summed E-state index contributed by atoms with van der Waals surface area (Å²) in [5.74, 6) is 0.937. The monoisotopic (exact) mass is 439 g/mol. The Morgan fingerprint density at radius 3 is 2.47 bits per heavy atom. The standard InChI is InChI=1S/C24H29N3O5/c1-7-32-16-9-8-13(10-17(16)31-6)18-19-14(11-24(2,3)12-15(19)28)25-21-20(18)22(29)27(5)23(30)26(21)4/h8-10,18,25H,7,11-12H2,1-6H3/t18-/m0/s1. The molecule has 2 aliphatic rings. The highest BCUT2D eigenvalue weighted by molar-refractivity contribution is 6.01. The number of methoxy groups -OCH3 is 1. The van der Waals surface area contributed by atoms with Gasteiger partial charge in [-0.2, -0.15) is 0 Å². The molecule has 2 aromatic rings. The van der Waals surface area contributed by atoms with E-state index in [1.165, 1.54) is 11.6 Å². The largest absolute Gasteiger partial charge is 0.493 e. The first-order valence-electron chi connectivity index (χ1n) is 10.7. The zero-order chi connectivity index (χ0) is 23.4. The fourth-order valence-electron chi connectivity index (χ4n) is 4.82. The van der Waals surface area contributed by atoms with E-state index in [1.54, 1.807) is 20.2 Å². The minimum Gasteiger partial charge on any atom is -0.493 e. The van der Waals surface area contributed by atoms with E-state index in [-0.39, 0.29) is 11.2 Å². The molecule has 1 aromatic heterocycles. The summed E-state index contributed by atoms with van der Waals surface area (Å²) >= 11 is 0. The number of anilines is 1. The van der Waals surface area contributed by atoms with Crippen molar-refractivity contribution in [2.24, 2.45) is 19.5 Å². The molecule has 4 rings (SSSR count). The van der Waals surface area contributed by atoms with Crippen LogP contribution in [0.3, 0.4) is 0 Å². The summed E-state index contributed by atoms with van der Waals surface area (Å²) in [6.45, 7) is 6.46. The van der Waals surface area contributed by atoms with Crippen molar-refractivity contribution in [3.8, 4) is 11.5 Å². The van der Waals surface area contributed by atoms with E-state index in [4.69, 9.17) is 9.47 Å². The van der Waals surface area contributed by atoms with Gasteiger partial charge in [-0.3, -0.25) is 18.7 Å². The van der Waals surface area contributed by atoms with Gasteiger partial charge in [0.15, 0.2) is 17.3 Å². The number of aromatic nitrogens is 2. The van der Waals surface area contributed by atoms with Gasteiger partial charge in [-0.05, 0) is 36.5 Å². The van der Waals surface area contributed by atoms with Crippen LogP contribution in [0, 0.1) is 5.41 Å². The Morgan fingerprint density at radius 2 is 1.81 bits per heavy atom. The van der Waals surface area contributed by atoms with Crippen molar-refractivity contribution in [2.75, 3.05) is 19.0 Å². The Balaban J connectivity index is 2.03. The number of carbonyl (C=O) groups excluding carboxylic acids is 1. The fraction of sp³-hybridized carbons (Fsp3) is 0.458. The van der Waals surface area contributed by atoms with Gasteiger partial charge in [0.05, 0.1) is 19.3 Å². The lowest BCUT2D eigenvalue weighted by Gasteiger charge is -2.39. The normalized spacial score (nSPS) is 19.2. The molecule has 0 amide bonds. The third-order valence-electron chi connectivity index (χ3n) is 6.29. The number of fused-ring (bicyclic) bond motifs is 1. The van der Waals surface area contributed by atoms with Crippen LogP contribution in [0.4, 0.5) is 5.82 Å². The first-order valence-corrected chi connectivity index (χ1v) is 10.7. The van der Waals surface area contributed by atoms with Crippen LogP contribution in [0.1, 0.15) is 50.7 Å². The zero-order valence-corrected chi connectivity index (χ0v) is 19.4. The summed E-state index contributed by atoms with van der Waals surface area (Å²) in [6.07, 6.45) is 1.03. The van der Waals surface area contributed by atoms with E-state index in [0.717, 1.165) is 15.8 Å². The Bertz CT molecular complexity index is 1270. The molecule has 2 heterocycles. The molecule has 1 atom stereocenters. The van der Waals surface area contributed by atoms with Gasteiger partial charge in [-0.15, -0.1) is 0 Å². The number of hydrogen-bond acceptors (Lipinski definition) is 6. The van der Waals surface area contributed by atoms with Gasteiger partial charge in [0.1, 0.15) is 5.82 Å². The molecular weight excluding hydrogens is 410 g/mol. The second-order valence-electron chi connectivity index (χ2n) is 9.20. The van der Waals surface area contributed by atoms with Crippen molar-refractivity contribution < 1.29 is 14.3 Å². The summed E-state index contributed by atoms with van der Waals surface area (Å²) in [5.41, 5.74) is 1.41. The Morgan fingerprint density at radius 1 is 1.09 bits per heavy atom. The van der Waals surface area contributed by atoms with E-state index >= 15 is 0 Å². The summed E-state index contributed by atoms with van der Waals surface area (Å²) in [7, 11) is 4.64. The molecule has 8 nitrogen and oxygen atoms in total. The summed E-state index contributed by atoms with van der Waals surface area (Å²) in [4.78, 5) is 39.3. The average molecular weight is 440 g/mol. The maximum atomic E-state index is 13.4.